The third-order valence-corrected chi connectivity index (χ3v) is 2.48. The highest BCUT2D eigenvalue weighted by atomic mass is 19.1. The number of carbonyl (C=O) groups is 1. The molecule has 0 saturated carbocycles. The molecule has 0 aliphatic heterocycles. The number of hydrogen-bond acceptors (Lipinski definition) is 2. The molecule has 2 aromatic rings. The van der Waals surface area contributed by atoms with Crippen molar-refractivity contribution in [1.82, 2.24) is 10.3 Å². The van der Waals surface area contributed by atoms with Gasteiger partial charge < -0.3 is 10.6 Å². The summed E-state index contributed by atoms with van der Waals surface area (Å²) in [5.74, 6) is -0.338. The quantitative estimate of drug-likeness (QED) is 0.890. The molecule has 1 aromatic carbocycles. The molecule has 0 spiro atoms. The number of halogens is 1. The summed E-state index contributed by atoms with van der Waals surface area (Å²) in [4.78, 5) is 15.9. The molecule has 1 aromatic heterocycles. The van der Waals surface area contributed by atoms with Gasteiger partial charge in [0.05, 0.1) is 12.2 Å². The Morgan fingerprint density at radius 1 is 1.21 bits per heavy atom. The molecule has 0 bridgehead atoms. The minimum absolute atomic E-state index is 0.338. The number of urea groups is 1. The third-order valence-electron chi connectivity index (χ3n) is 2.48. The molecule has 0 aliphatic rings. The van der Waals surface area contributed by atoms with Crippen LogP contribution in [0.5, 0.6) is 0 Å². The molecule has 0 atom stereocenters. The molecule has 98 valence electrons. The summed E-state index contributed by atoms with van der Waals surface area (Å²) in [7, 11) is 0. The van der Waals surface area contributed by atoms with Crippen LogP contribution < -0.4 is 10.6 Å². The van der Waals surface area contributed by atoms with Crippen LogP contribution in [-0.4, -0.2) is 11.0 Å². The van der Waals surface area contributed by atoms with Crippen molar-refractivity contribution in [3.8, 4) is 0 Å². The third kappa shape index (κ3) is 4.06. The predicted molar refractivity (Wildman–Crippen MR) is 71.2 cm³/mol. The number of nitrogens with zero attached hydrogens (tertiary/aromatic N) is 1. The molecule has 4 nitrogen and oxygen atoms in total. The van der Waals surface area contributed by atoms with Gasteiger partial charge in [-0.15, -0.1) is 0 Å². The van der Waals surface area contributed by atoms with Crippen LogP contribution in [0.4, 0.5) is 14.9 Å². The van der Waals surface area contributed by atoms with Crippen molar-refractivity contribution in [2.24, 2.45) is 0 Å². The van der Waals surface area contributed by atoms with Crippen LogP contribution >= 0.6 is 0 Å². The number of anilines is 1. The summed E-state index contributed by atoms with van der Waals surface area (Å²) >= 11 is 0. The molecule has 0 aliphatic carbocycles. The number of hydrogen-bond donors (Lipinski definition) is 2. The van der Waals surface area contributed by atoms with E-state index in [1.807, 2.05) is 25.1 Å². The second-order valence-corrected chi connectivity index (χ2v) is 4.08. The van der Waals surface area contributed by atoms with E-state index in [-0.39, 0.29) is 11.8 Å². The summed E-state index contributed by atoms with van der Waals surface area (Å²) in [5, 5.41) is 5.29. The molecular formula is C14H14FN3O. The maximum absolute atomic E-state index is 12.7. The number of benzene rings is 1. The molecule has 0 saturated heterocycles. The van der Waals surface area contributed by atoms with Crippen molar-refractivity contribution in [2.45, 2.75) is 13.5 Å². The van der Waals surface area contributed by atoms with Crippen molar-refractivity contribution >= 4 is 11.7 Å². The van der Waals surface area contributed by atoms with Gasteiger partial charge >= 0.3 is 6.03 Å². The normalized spacial score (nSPS) is 10.0. The van der Waals surface area contributed by atoms with E-state index in [1.165, 1.54) is 24.3 Å². The lowest BCUT2D eigenvalue weighted by Gasteiger charge is -2.07. The molecule has 0 fully saturated rings. The van der Waals surface area contributed by atoms with Crippen molar-refractivity contribution in [1.29, 1.82) is 0 Å². The van der Waals surface area contributed by atoms with Crippen LogP contribution in [0.25, 0.3) is 0 Å². The first-order valence-corrected chi connectivity index (χ1v) is 5.86. The van der Waals surface area contributed by atoms with Crippen molar-refractivity contribution in [3.63, 3.8) is 0 Å². The summed E-state index contributed by atoms with van der Waals surface area (Å²) in [6, 6.07) is 10.8. The number of aromatic nitrogens is 1. The zero-order valence-corrected chi connectivity index (χ0v) is 10.5. The Bertz CT molecular complexity index is 569. The Kier molecular flexibility index (Phi) is 4.07. The van der Waals surface area contributed by atoms with Crippen molar-refractivity contribution in [2.75, 3.05) is 5.32 Å². The first-order chi connectivity index (χ1) is 9.13. The van der Waals surface area contributed by atoms with E-state index >= 15 is 0 Å². The Morgan fingerprint density at radius 3 is 2.63 bits per heavy atom. The molecule has 5 heteroatoms. The second-order valence-electron chi connectivity index (χ2n) is 4.08. The lowest BCUT2D eigenvalue weighted by Crippen LogP contribution is -2.28. The summed E-state index contributed by atoms with van der Waals surface area (Å²) in [6.07, 6.45) is 0. The molecular weight excluding hydrogens is 245 g/mol. The van der Waals surface area contributed by atoms with Crippen molar-refractivity contribution in [3.05, 3.63) is 59.7 Å². The van der Waals surface area contributed by atoms with E-state index < -0.39 is 0 Å². The van der Waals surface area contributed by atoms with Crippen molar-refractivity contribution < 1.29 is 9.18 Å². The number of carbonyl (C=O) groups excluding carboxylic acids is 1. The Morgan fingerprint density at radius 2 is 1.95 bits per heavy atom. The Hall–Kier alpha value is -2.43. The molecule has 0 unspecified atom stereocenters. The van der Waals surface area contributed by atoms with Crippen LogP contribution in [0.2, 0.25) is 0 Å². The second kappa shape index (κ2) is 5.95. The molecule has 2 N–H and O–H groups in total. The first-order valence-electron chi connectivity index (χ1n) is 5.86. The summed E-state index contributed by atoms with van der Waals surface area (Å²) in [6.45, 7) is 2.23. The minimum Gasteiger partial charge on any atom is -0.332 e. The number of rotatable bonds is 3. The molecule has 0 radical (unpaired) electrons. The van der Waals surface area contributed by atoms with E-state index in [0.717, 1.165) is 11.4 Å². The zero-order chi connectivity index (χ0) is 13.7. The summed E-state index contributed by atoms with van der Waals surface area (Å²) < 4.78 is 12.7. The molecule has 2 amide bonds. The highest BCUT2D eigenvalue weighted by Gasteiger charge is 2.02. The van der Waals surface area contributed by atoms with Gasteiger partial charge in [-0.3, -0.25) is 4.98 Å². The van der Waals surface area contributed by atoms with Crippen LogP contribution in [0.1, 0.15) is 11.4 Å². The number of amides is 2. The lowest BCUT2D eigenvalue weighted by molar-refractivity contribution is 0.251. The predicted octanol–water partition coefficient (Wildman–Crippen LogP) is 2.85. The van der Waals surface area contributed by atoms with Gasteiger partial charge in [0.25, 0.3) is 0 Å². The van der Waals surface area contributed by atoms with Gasteiger partial charge in [-0.2, -0.15) is 0 Å². The largest absolute Gasteiger partial charge is 0.332 e. The van der Waals surface area contributed by atoms with Crippen LogP contribution in [0, 0.1) is 12.7 Å². The van der Waals surface area contributed by atoms with Crippen LogP contribution in [0.15, 0.2) is 42.5 Å². The smallest absolute Gasteiger partial charge is 0.319 e. The zero-order valence-electron chi connectivity index (χ0n) is 10.5. The lowest BCUT2D eigenvalue weighted by atomic mass is 10.3. The molecule has 2 rings (SSSR count). The SMILES string of the molecule is Cc1cccc(CNC(=O)Nc2ccc(F)cc2)n1. The van der Waals surface area contributed by atoms with E-state index in [2.05, 4.69) is 15.6 Å². The Balaban J connectivity index is 1.86. The van der Waals surface area contributed by atoms with Gasteiger partial charge in [-0.05, 0) is 43.3 Å². The van der Waals surface area contributed by atoms with E-state index in [0.29, 0.717) is 12.2 Å². The highest BCUT2D eigenvalue weighted by Crippen LogP contribution is 2.07. The molecule has 19 heavy (non-hydrogen) atoms. The minimum atomic E-state index is -0.352. The average Bonchev–Trinajstić information content (AvgIpc) is 2.39. The van der Waals surface area contributed by atoms with Gasteiger partial charge in [0.15, 0.2) is 0 Å². The van der Waals surface area contributed by atoms with Gasteiger partial charge in [-0.25, -0.2) is 9.18 Å². The number of aryl methyl sites for hydroxylation is 1. The van der Waals surface area contributed by atoms with Crippen LogP contribution in [-0.2, 0) is 6.54 Å². The standard InChI is InChI=1S/C14H14FN3O/c1-10-3-2-4-13(17-10)9-16-14(19)18-12-7-5-11(15)6-8-12/h2-8H,9H2,1H3,(H2,16,18,19). The van der Waals surface area contributed by atoms with E-state index in [1.54, 1.807) is 0 Å². The Labute approximate surface area is 110 Å². The molecule has 1 heterocycles. The van der Waals surface area contributed by atoms with Gasteiger partial charge in [-0.1, -0.05) is 6.07 Å². The number of pyridine rings is 1. The maximum atomic E-state index is 12.7. The van der Waals surface area contributed by atoms with Gasteiger partial charge in [0, 0.05) is 11.4 Å². The monoisotopic (exact) mass is 259 g/mol. The fraction of sp³-hybridized carbons (Fsp3) is 0.143. The van der Waals surface area contributed by atoms with Gasteiger partial charge in [0.1, 0.15) is 5.82 Å². The first kappa shape index (κ1) is 13.0. The topological polar surface area (TPSA) is 54.0 Å². The maximum Gasteiger partial charge on any atom is 0.319 e. The fourth-order valence-corrected chi connectivity index (χ4v) is 1.58. The fourth-order valence-electron chi connectivity index (χ4n) is 1.58. The summed E-state index contributed by atoms with van der Waals surface area (Å²) in [5.41, 5.74) is 2.23. The van der Waals surface area contributed by atoms with Crippen LogP contribution in [0.3, 0.4) is 0 Å². The highest BCUT2D eigenvalue weighted by molar-refractivity contribution is 5.89. The van der Waals surface area contributed by atoms with E-state index in [9.17, 15) is 9.18 Å². The van der Waals surface area contributed by atoms with Gasteiger partial charge in [0.2, 0.25) is 0 Å². The van der Waals surface area contributed by atoms with E-state index in [4.69, 9.17) is 0 Å². The average molecular weight is 259 g/mol. The number of nitrogens with one attached hydrogen (secondary N) is 2.